The summed E-state index contributed by atoms with van der Waals surface area (Å²) < 4.78 is 5.62. The molecule has 0 saturated heterocycles. The van der Waals surface area contributed by atoms with Crippen molar-refractivity contribution in [2.75, 3.05) is 6.61 Å². The van der Waals surface area contributed by atoms with Gasteiger partial charge in [0.05, 0.1) is 6.61 Å². The second-order valence-electron chi connectivity index (χ2n) is 4.36. The molecule has 0 amide bonds. The van der Waals surface area contributed by atoms with Crippen LogP contribution < -0.4 is 4.74 Å². The Hall–Kier alpha value is -1.51. The molecule has 17 heavy (non-hydrogen) atoms. The Balaban J connectivity index is 2.41. The van der Waals surface area contributed by atoms with E-state index in [0.29, 0.717) is 12.3 Å². The molecule has 0 heterocycles. The molecule has 0 bridgehead atoms. The molecule has 0 aliphatic carbocycles. The van der Waals surface area contributed by atoms with Gasteiger partial charge < -0.3 is 9.84 Å². The Morgan fingerprint density at radius 2 is 2.00 bits per heavy atom. The monoisotopic (exact) mass is 236 g/mol. The van der Waals surface area contributed by atoms with Crippen molar-refractivity contribution in [3.63, 3.8) is 0 Å². The number of hydrogen-bond donors (Lipinski definition) is 1. The third-order valence-corrected chi connectivity index (χ3v) is 2.78. The summed E-state index contributed by atoms with van der Waals surface area (Å²) in [5.74, 6) is 0.646. The van der Waals surface area contributed by atoms with Crippen molar-refractivity contribution < 1.29 is 14.6 Å². The summed E-state index contributed by atoms with van der Waals surface area (Å²) >= 11 is 0. The maximum absolute atomic E-state index is 10.4. The number of carboxylic acids is 1. The zero-order valence-electron chi connectivity index (χ0n) is 10.5. The minimum atomic E-state index is -0.762. The van der Waals surface area contributed by atoms with Gasteiger partial charge in [-0.15, -0.1) is 0 Å². The highest BCUT2D eigenvalue weighted by molar-refractivity contribution is 5.67. The van der Waals surface area contributed by atoms with Crippen LogP contribution in [0.25, 0.3) is 0 Å². The number of benzene rings is 1. The van der Waals surface area contributed by atoms with Crippen LogP contribution in [0.1, 0.15) is 32.3 Å². The number of aliphatic carboxylic acids is 1. The van der Waals surface area contributed by atoms with E-state index >= 15 is 0 Å². The second kappa shape index (κ2) is 6.94. The van der Waals surface area contributed by atoms with Gasteiger partial charge in [0.1, 0.15) is 5.75 Å². The van der Waals surface area contributed by atoms with E-state index in [1.165, 1.54) is 0 Å². The average molecular weight is 236 g/mol. The smallest absolute Gasteiger partial charge is 0.303 e. The van der Waals surface area contributed by atoms with Gasteiger partial charge in [-0.25, -0.2) is 0 Å². The summed E-state index contributed by atoms with van der Waals surface area (Å²) in [5.41, 5.74) is 1.03. The molecule has 0 fully saturated rings. The van der Waals surface area contributed by atoms with Crippen LogP contribution >= 0.6 is 0 Å². The fourth-order valence-corrected chi connectivity index (χ4v) is 1.36. The Labute approximate surface area is 102 Å². The van der Waals surface area contributed by atoms with E-state index in [-0.39, 0.29) is 6.42 Å². The maximum Gasteiger partial charge on any atom is 0.303 e. The summed E-state index contributed by atoms with van der Waals surface area (Å²) in [6.45, 7) is 5.02. The summed E-state index contributed by atoms with van der Waals surface area (Å²) in [4.78, 5) is 10.4. The minimum Gasteiger partial charge on any atom is -0.493 e. The number of rotatable bonds is 7. The van der Waals surface area contributed by atoms with Crippen LogP contribution in [-0.2, 0) is 11.2 Å². The lowest BCUT2D eigenvalue weighted by molar-refractivity contribution is -0.136. The van der Waals surface area contributed by atoms with Gasteiger partial charge in [-0.2, -0.15) is 0 Å². The highest BCUT2D eigenvalue weighted by Crippen LogP contribution is 2.15. The van der Waals surface area contributed by atoms with E-state index in [0.717, 1.165) is 24.3 Å². The lowest BCUT2D eigenvalue weighted by Gasteiger charge is -2.11. The topological polar surface area (TPSA) is 46.5 Å². The van der Waals surface area contributed by atoms with Gasteiger partial charge in [0, 0.05) is 6.42 Å². The molecule has 0 unspecified atom stereocenters. The Kier molecular flexibility index (Phi) is 5.53. The zero-order chi connectivity index (χ0) is 12.7. The van der Waals surface area contributed by atoms with Crippen LogP contribution in [0.2, 0.25) is 0 Å². The highest BCUT2D eigenvalue weighted by atomic mass is 16.5. The van der Waals surface area contributed by atoms with Crippen molar-refractivity contribution in [3.8, 4) is 5.75 Å². The van der Waals surface area contributed by atoms with E-state index in [1.807, 2.05) is 24.3 Å². The van der Waals surface area contributed by atoms with Crippen LogP contribution in [0.15, 0.2) is 24.3 Å². The molecule has 1 N–H and O–H groups in total. The van der Waals surface area contributed by atoms with Gasteiger partial charge in [-0.3, -0.25) is 4.79 Å². The van der Waals surface area contributed by atoms with Crippen molar-refractivity contribution in [1.82, 2.24) is 0 Å². The van der Waals surface area contributed by atoms with Crippen molar-refractivity contribution in [1.29, 1.82) is 0 Å². The molecular formula is C14H20O3. The number of aryl methyl sites for hydroxylation is 1. The largest absolute Gasteiger partial charge is 0.493 e. The Bertz CT molecular complexity index is 343. The first kappa shape index (κ1) is 13.6. The molecule has 3 heteroatoms. The van der Waals surface area contributed by atoms with E-state index in [4.69, 9.17) is 9.84 Å². The molecule has 1 aromatic rings. The van der Waals surface area contributed by atoms with Crippen LogP contribution in [0, 0.1) is 5.92 Å². The molecular weight excluding hydrogens is 216 g/mol. The molecule has 0 radical (unpaired) electrons. The number of ether oxygens (including phenoxy) is 1. The van der Waals surface area contributed by atoms with Gasteiger partial charge in [0.15, 0.2) is 0 Å². The third kappa shape index (κ3) is 5.38. The predicted octanol–water partition coefficient (Wildman–Crippen LogP) is 3.13. The van der Waals surface area contributed by atoms with E-state index in [9.17, 15) is 4.79 Å². The van der Waals surface area contributed by atoms with Crippen LogP contribution in [-0.4, -0.2) is 17.7 Å². The lowest BCUT2D eigenvalue weighted by atomic mass is 10.1. The molecule has 0 aliphatic heterocycles. The first-order chi connectivity index (χ1) is 8.11. The van der Waals surface area contributed by atoms with Crippen molar-refractivity contribution in [2.45, 2.75) is 33.1 Å². The molecule has 0 spiro atoms. The summed E-state index contributed by atoms with van der Waals surface area (Å²) in [6, 6.07) is 7.66. The second-order valence-corrected chi connectivity index (χ2v) is 4.36. The van der Waals surface area contributed by atoms with Crippen molar-refractivity contribution >= 4 is 5.97 Å². The molecule has 0 aliphatic rings. The van der Waals surface area contributed by atoms with Crippen LogP contribution in [0.5, 0.6) is 5.75 Å². The van der Waals surface area contributed by atoms with Crippen molar-refractivity contribution in [2.24, 2.45) is 5.92 Å². The van der Waals surface area contributed by atoms with E-state index in [1.54, 1.807) is 0 Å². The third-order valence-electron chi connectivity index (χ3n) is 2.78. The fourth-order valence-electron chi connectivity index (χ4n) is 1.36. The summed E-state index contributed by atoms with van der Waals surface area (Å²) in [5, 5.41) is 8.58. The normalized spacial score (nSPS) is 12.1. The maximum atomic E-state index is 10.4. The first-order valence-corrected chi connectivity index (χ1v) is 6.05. The lowest BCUT2D eigenvalue weighted by Crippen LogP contribution is -2.07. The Morgan fingerprint density at radius 3 is 2.53 bits per heavy atom. The quantitative estimate of drug-likeness (QED) is 0.791. The summed E-state index contributed by atoms with van der Waals surface area (Å²) in [6.07, 6.45) is 1.85. The number of carboxylic acid groups (broad SMARTS) is 1. The minimum absolute atomic E-state index is 0.174. The van der Waals surface area contributed by atoms with Crippen LogP contribution in [0.3, 0.4) is 0 Å². The molecule has 1 rings (SSSR count). The molecule has 94 valence electrons. The molecule has 0 aromatic heterocycles. The fraction of sp³-hybridized carbons (Fsp3) is 0.500. The predicted molar refractivity (Wildman–Crippen MR) is 67.3 cm³/mol. The zero-order valence-corrected chi connectivity index (χ0v) is 10.5. The molecule has 3 nitrogen and oxygen atoms in total. The van der Waals surface area contributed by atoms with Gasteiger partial charge in [-0.05, 0) is 30.0 Å². The van der Waals surface area contributed by atoms with E-state index < -0.39 is 5.97 Å². The van der Waals surface area contributed by atoms with Gasteiger partial charge in [0.25, 0.3) is 0 Å². The summed E-state index contributed by atoms with van der Waals surface area (Å²) in [7, 11) is 0. The SMILES string of the molecule is CC[C@H](C)COc1ccc(CCC(=O)O)cc1. The van der Waals surface area contributed by atoms with Gasteiger partial charge in [-0.1, -0.05) is 32.4 Å². The van der Waals surface area contributed by atoms with Gasteiger partial charge in [0.2, 0.25) is 0 Å². The number of hydrogen-bond acceptors (Lipinski definition) is 2. The highest BCUT2D eigenvalue weighted by Gasteiger charge is 2.02. The number of carbonyl (C=O) groups is 1. The molecule has 1 atom stereocenters. The van der Waals surface area contributed by atoms with Gasteiger partial charge >= 0.3 is 5.97 Å². The van der Waals surface area contributed by atoms with E-state index in [2.05, 4.69) is 13.8 Å². The van der Waals surface area contributed by atoms with Crippen LogP contribution in [0.4, 0.5) is 0 Å². The van der Waals surface area contributed by atoms with Crippen molar-refractivity contribution in [3.05, 3.63) is 29.8 Å². The average Bonchev–Trinajstić information content (AvgIpc) is 2.34. The standard InChI is InChI=1S/C14H20O3/c1-3-11(2)10-17-13-7-4-12(5-8-13)6-9-14(15)16/h4-5,7-8,11H,3,6,9-10H2,1-2H3,(H,15,16)/t11-/m0/s1. The first-order valence-electron chi connectivity index (χ1n) is 6.05. The molecule has 1 aromatic carbocycles. The Morgan fingerprint density at radius 1 is 1.35 bits per heavy atom. The molecule has 0 saturated carbocycles.